The number of ether oxygens (including phenoxy) is 2. The highest BCUT2D eigenvalue weighted by Crippen LogP contribution is 2.53. The molecule has 0 aromatic heterocycles. The second-order valence-corrected chi connectivity index (χ2v) is 9.25. The lowest BCUT2D eigenvalue weighted by Crippen LogP contribution is -2.53. The number of hydrogen-bond acceptors (Lipinski definition) is 6. The van der Waals surface area contributed by atoms with Crippen LogP contribution in [0.2, 0.25) is 0 Å². The summed E-state index contributed by atoms with van der Waals surface area (Å²) in [6.07, 6.45) is 2.14. The highest BCUT2D eigenvalue weighted by molar-refractivity contribution is 6.50. The molecule has 1 N–H and O–H groups in total. The summed E-state index contributed by atoms with van der Waals surface area (Å²) >= 11 is 0. The van der Waals surface area contributed by atoms with Crippen molar-refractivity contribution in [2.75, 3.05) is 31.2 Å². The number of Topliss-reactive ketones (excluding diaryl/α,β-unsaturated/α-hetero) is 1. The maximum absolute atomic E-state index is 14.2. The van der Waals surface area contributed by atoms with Crippen LogP contribution in [0.15, 0.2) is 54.1 Å². The fourth-order valence-electron chi connectivity index (χ4n) is 5.50. The van der Waals surface area contributed by atoms with E-state index in [0.717, 1.165) is 19.3 Å². The van der Waals surface area contributed by atoms with Gasteiger partial charge >= 0.3 is 0 Å². The largest absolute Gasteiger partial charge is 0.507 e. The van der Waals surface area contributed by atoms with Gasteiger partial charge in [-0.2, -0.15) is 0 Å². The van der Waals surface area contributed by atoms with Gasteiger partial charge in [-0.3, -0.25) is 14.4 Å². The Morgan fingerprint density at radius 3 is 2.53 bits per heavy atom. The Kier molecular flexibility index (Phi) is 6.30. The highest BCUT2D eigenvalue weighted by Gasteiger charge is 2.67. The minimum atomic E-state index is -1.76. The number of para-hydroxylation sites is 1. The Balaban J connectivity index is 1.71. The molecule has 2 fully saturated rings. The third-order valence-corrected chi connectivity index (χ3v) is 7.14. The maximum atomic E-state index is 14.2. The van der Waals surface area contributed by atoms with Gasteiger partial charge in [0.15, 0.2) is 5.54 Å². The van der Waals surface area contributed by atoms with Crippen LogP contribution >= 0.6 is 0 Å². The van der Waals surface area contributed by atoms with Crippen LogP contribution in [0.1, 0.15) is 44.2 Å². The van der Waals surface area contributed by atoms with Gasteiger partial charge < -0.3 is 24.4 Å². The minimum Gasteiger partial charge on any atom is -0.507 e. The molecule has 0 saturated carbocycles. The number of benzene rings is 2. The standard InChI is InChI=1S/C28H30N2O6/c1-3-15-35-19-13-11-18(12-14-19)24(31)23-25(32)26(33)30(17-20-8-7-16-36-20)28(23)21-9-5-6-10-22(21)29(4-2)27(28)34/h5-6,9-14,20,31H,3-4,7-8,15-17H2,1-2H3. The van der Waals surface area contributed by atoms with Gasteiger partial charge in [0, 0.05) is 30.8 Å². The third kappa shape index (κ3) is 3.51. The molecule has 3 heterocycles. The van der Waals surface area contributed by atoms with E-state index in [2.05, 4.69) is 0 Å². The Morgan fingerprint density at radius 1 is 1.11 bits per heavy atom. The number of hydrogen-bond donors (Lipinski definition) is 1. The number of aliphatic hydroxyl groups excluding tert-OH is 1. The molecule has 8 heteroatoms. The molecule has 2 aromatic rings. The molecule has 2 saturated heterocycles. The third-order valence-electron chi connectivity index (χ3n) is 7.14. The van der Waals surface area contributed by atoms with E-state index in [-0.39, 0.29) is 24.0 Å². The number of fused-ring (bicyclic) bond motifs is 2. The summed E-state index contributed by atoms with van der Waals surface area (Å²) in [5.41, 5.74) is -0.500. The van der Waals surface area contributed by atoms with E-state index in [1.54, 1.807) is 47.4 Å². The zero-order valence-electron chi connectivity index (χ0n) is 20.5. The smallest absolute Gasteiger partial charge is 0.296 e. The number of ketones is 1. The molecular formula is C28H30N2O6. The van der Waals surface area contributed by atoms with Gasteiger partial charge in [0.2, 0.25) is 0 Å². The maximum Gasteiger partial charge on any atom is 0.296 e. The lowest BCUT2D eigenvalue weighted by atomic mass is 9.81. The number of aliphatic hydroxyl groups is 1. The van der Waals surface area contributed by atoms with Crippen molar-refractivity contribution < 1.29 is 29.0 Å². The summed E-state index contributed by atoms with van der Waals surface area (Å²) in [4.78, 5) is 44.2. The van der Waals surface area contributed by atoms with Crippen molar-refractivity contribution in [3.05, 3.63) is 65.2 Å². The minimum absolute atomic E-state index is 0.0861. The Labute approximate surface area is 210 Å². The molecule has 2 unspecified atom stereocenters. The van der Waals surface area contributed by atoms with Gasteiger partial charge in [-0.15, -0.1) is 0 Å². The molecule has 3 aliphatic rings. The van der Waals surface area contributed by atoms with Crippen LogP contribution in [-0.4, -0.2) is 60.0 Å². The van der Waals surface area contributed by atoms with Crippen LogP contribution < -0.4 is 9.64 Å². The lowest BCUT2D eigenvalue weighted by Gasteiger charge is -2.35. The van der Waals surface area contributed by atoms with Crippen LogP contribution in [0, 0.1) is 0 Å². The van der Waals surface area contributed by atoms with Gasteiger partial charge in [-0.05, 0) is 56.5 Å². The summed E-state index contributed by atoms with van der Waals surface area (Å²) in [5.74, 6) is -1.87. The van der Waals surface area contributed by atoms with Crippen LogP contribution in [0.5, 0.6) is 5.75 Å². The van der Waals surface area contributed by atoms with Crippen molar-refractivity contribution >= 4 is 29.0 Å². The molecule has 2 amide bonds. The van der Waals surface area contributed by atoms with E-state index in [1.807, 2.05) is 19.9 Å². The predicted octanol–water partition coefficient (Wildman–Crippen LogP) is 3.60. The van der Waals surface area contributed by atoms with Gasteiger partial charge in [0.1, 0.15) is 11.5 Å². The van der Waals surface area contributed by atoms with E-state index in [0.29, 0.717) is 42.3 Å². The summed E-state index contributed by atoms with van der Waals surface area (Å²) < 4.78 is 11.4. The molecular weight excluding hydrogens is 460 g/mol. The zero-order chi connectivity index (χ0) is 25.4. The predicted molar refractivity (Wildman–Crippen MR) is 134 cm³/mol. The SMILES string of the molecule is CCCOc1ccc(C(O)=C2C(=O)C(=O)N(CC3CCCO3)C23C(=O)N(CC)c2ccccc23)cc1. The van der Waals surface area contributed by atoms with Gasteiger partial charge in [-0.1, -0.05) is 25.1 Å². The molecule has 2 atom stereocenters. The quantitative estimate of drug-likeness (QED) is 0.362. The van der Waals surface area contributed by atoms with Crippen molar-refractivity contribution in [3.63, 3.8) is 0 Å². The van der Waals surface area contributed by atoms with Gasteiger partial charge in [-0.25, -0.2) is 0 Å². The number of carbonyl (C=O) groups excluding carboxylic acids is 3. The molecule has 5 rings (SSSR count). The summed E-state index contributed by atoms with van der Waals surface area (Å²) in [7, 11) is 0. The van der Waals surface area contributed by atoms with Crippen molar-refractivity contribution in [2.24, 2.45) is 0 Å². The second kappa shape index (κ2) is 9.43. The first-order valence-corrected chi connectivity index (χ1v) is 12.5. The second-order valence-electron chi connectivity index (χ2n) is 9.25. The molecule has 36 heavy (non-hydrogen) atoms. The number of nitrogens with zero attached hydrogens (tertiary/aromatic N) is 2. The monoisotopic (exact) mass is 490 g/mol. The Bertz CT molecular complexity index is 1230. The number of amides is 2. The average molecular weight is 491 g/mol. The van der Waals surface area contributed by atoms with Crippen LogP contribution in [-0.2, 0) is 24.7 Å². The number of rotatable bonds is 7. The molecule has 0 aliphatic carbocycles. The van der Waals surface area contributed by atoms with E-state index in [4.69, 9.17) is 9.47 Å². The fourth-order valence-corrected chi connectivity index (χ4v) is 5.50. The Morgan fingerprint density at radius 2 is 1.86 bits per heavy atom. The number of likely N-dealkylation sites (tertiary alicyclic amines) is 1. The van der Waals surface area contributed by atoms with E-state index >= 15 is 0 Å². The first-order valence-electron chi connectivity index (χ1n) is 12.5. The first kappa shape index (κ1) is 24.1. The average Bonchev–Trinajstić information content (AvgIpc) is 3.56. The normalized spacial score (nSPS) is 24.7. The van der Waals surface area contributed by atoms with Crippen LogP contribution in [0.4, 0.5) is 5.69 Å². The van der Waals surface area contributed by atoms with E-state index in [1.165, 1.54) is 4.90 Å². The fraction of sp³-hybridized carbons (Fsp3) is 0.393. The molecule has 3 aliphatic heterocycles. The zero-order valence-corrected chi connectivity index (χ0v) is 20.5. The van der Waals surface area contributed by atoms with Crippen molar-refractivity contribution in [3.8, 4) is 5.75 Å². The molecule has 8 nitrogen and oxygen atoms in total. The van der Waals surface area contributed by atoms with Crippen molar-refractivity contribution in [1.82, 2.24) is 4.90 Å². The molecule has 2 aromatic carbocycles. The summed E-state index contributed by atoms with van der Waals surface area (Å²) in [5, 5.41) is 11.5. The molecule has 0 radical (unpaired) electrons. The van der Waals surface area contributed by atoms with Crippen LogP contribution in [0.25, 0.3) is 5.76 Å². The Hall–Kier alpha value is -3.65. The molecule has 1 spiro atoms. The summed E-state index contributed by atoms with van der Waals surface area (Å²) in [6, 6.07) is 13.8. The molecule has 188 valence electrons. The van der Waals surface area contributed by atoms with E-state index in [9.17, 15) is 19.5 Å². The van der Waals surface area contributed by atoms with Crippen molar-refractivity contribution in [1.29, 1.82) is 0 Å². The molecule has 0 bridgehead atoms. The number of likely N-dealkylation sites (N-methyl/N-ethyl adjacent to an activating group) is 1. The van der Waals surface area contributed by atoms with Crippen LogP contribution in [0.3, 0.4) is 0 Å². The van der Waals surface area contributed by atoms with Crippen molar-refractivity contribution in [2.45, 2.75) is 44.8 Å². The number of carbonyl (C=O) groups is 3. The van der Waals surface area contributed by atoms with Gasteiger partial charge in [0.05, 0.1) is 24.0 Å². The lowest BCUT2D eigenvalue weighted by molar-refractivity contribution is -0.145. The van der Waals surface area contributed by atoms with E-state index < -0.39 is 23.1 Å². The number of anilines is 1. The van der Waals surface area contributed by atoms with Gasteiger partial charge in [0.25, 0.3) is 17.6 Å². The highest BCUT2D eigenvalue weighted by atomic mass is 16.5. The topological polar surface area (TPSA) is 96.4 Å². The first-order chi connectivity index (χ1) is 17.4. The summed E-state index contributed by atoms with van der Waals surface area (Å²) in [6.45, 7) is 5.41.